The van der Waals surface area contributed by atoms with E-state index in [-0.39, 0.29) is 64.2 Å². The van der Waals surface area contributed by atoms with Crippen molar-refractivity contribution in [2.45, 2.75) is 0 Å². The van der Waals surface area contributed by atoms with E-state index >= 15 is 0 Å². The molecule has 0 aliphatic rings. The zero-order valence-electron chi connectivity index (χ0n) is 22.9. The molecule has 0 spiro atoms. The monoisotopic (exact) mass is 580 g/mol. The van der Waals surface area contributed by atoms with Gasteiger partial charge in [0, 0.05) is 36.0 Å². The van der Waals surface area contributed by atoms with E-state index in [1.54, 1.807) is 24.3 Å². The van der Waals surface area contributed by atoms with Gasteiger partial charge in [0.2, 0.25) is 0 Å². The molecule has 222 valence electrons. The van der Waals surface area contributed by atoms with Gasteiger partial charge in [0.15, 0.2) is 11.5 Å². The Balaban J connectivity index is 1.64. The van der Waals surface area contributed by atoms with E-state index in [0.29, 0.717) is 10.8 Å². The second kappa shape index (κ2) is 17.0. The third kappa shape index (κ3) is 9.61. The van der Waals surface area contributed by atoms with Crippen LogP contribution in [0.2, 0.25) is 0 Å². The zero-order valence-corrected chi connectivity index (χ0v) is 22.9. The Morgan fingerprint density at radius 3 is 1.33 bits per heavy atom. The third-order valence-corrected chi connectivity index (χ3v) is 5.54. The number of nitrogens with one attached hydrogen (secondary N) is 2. The predicted octanol–water partition coefficient (Wildman–Crippen LogP) is 3.66. The summed E-state index contributed by atoms with van der Waals surface area (Å²) in [4.78, 5) is 47.5. The molecule has 0 saturated carbocycles. The summed E-state index contributed by atoms with van der Waals surface area (Å²) in [6.07, 6.45) is 0.540. The van der Waals surface area contributed by atoms with Crippen LogP contribution >= 0.6 is 0 Å². The number of carbonyl (C=O) groups excluding carboxylic acids is 4. The lowest BCUT2D eigenvalue weighted by atomic mass is 10.00. The Morgan fingerprint density at radius 1 is 0.571 bits per heavy atom. The molecule has 0 aliphatic carbocycles. The van der Waals surface area contributed by atoms with E-state index in [2.05, 4.69) is 23.8 Å². The van der Waals surface area contributed by atoms with E-state index in [4.69, 9.17) is 28.4 Å². The first-order valence-corrected chi connectivity index (χ1v) is 13.0. The lowest BCUT2D eigenvalue weighted by Gasteiger charge is -2.17. The van der Waals surface area contributed by atoms with Crippen LogP contribution in [0.1, 0.15) is 0 Å². The molecule has 2 N–H and O–H groups in total. The standard InChI is InChI=1S/C30H32N2O10/c1-3-25(33)39-19-17-37-15-13-31-29(35)41-27-23-11-7-5-9-21(23)22-10-6-8-12-24(22)28(27)42-30(36)32-14-16-38-18-20-40-26(34)4-2/h3-12H,1-2,13-20H2,(H,31,35)(H,32,36). The summed E-state index contributed by atoms with van der Waals surface area (Å²) >= 11 is 0. The number of hydrogen-bond donors (Lipinski definition) is 2. The highest BCUT2D eigenvalue weighted by Crippen LogP contribution is 2.43. The summed E-state index contributed by atoms with van der Waals surface area (Å²) in [6, 6.07) is 14.5. The lowest BCUT2D eigenvalue weighted by Crippen LogP contribution is -2.32. The second-order valence-corrected chi connectivity index (χ2v) is 8.35. The van der Waals surface area contributed by atoms with Crippen molar-refractivity contribution in [3.05, 3.63) is 73.8 Å². The molecule has 3 aromatic carbocycles. The molecule has 0 heterocycles. The normalized spacial score (nSPS) is 10.5. The van der Waals surface area contributed by atoms with Crippen molar-refractivity contribution in [1.29, 1.82) is 0 Å². The van der Waals surface area contributed by atoms with Gasteiger partial charge in [-0.3, -0.25) is 0 Å². The smallest absolute Gasteiger partial charge is 0.412 e. The molecule has 0 unspecified atom stereocenters. The maximum atomic E-state index is 12.7. The molecular weight excluding hydrogens is 548 g/mol. The van der Waals surface area contributed by atoms with Gasteiger partial charge in [0.05, 0.1) is 26.4 Å². The van der Waals surface area contributed by atoms with Crippen LogP contribution in [0.25, 0.3) is 21.5 Å². The molecule has 12 heteroatoms. The molecule has 2 amide bonds. The fourth-order valence-electron chi connectivity index (χ4n) is 3.71. The Kier molecular flexibility index (Phi) is 12.8. The van der Waals surface area contributed by atoms with Crippen molar-refractivity contribution in [3.8, 4) is 11.5 Å². The van der Waals surface area contributed by atoms with E-state index in [0.717, 1.165) is 22.9 Å². The van der Waals surface area contributed by atoms with Gasteiger partial charge in [-0.2, -0.15) is 0 Å². The summed E-state index contributed by atoms with van der Waals surface area (Å²) in [6.45, 7) is 7.52. The first-order valence-electron chi connectivity index (χ1n) is 13.0. The predicted molar refractivity (Wildman–Crippen MR) is 153 cm³/mol. The molecule has 42 heavy (non-hydrogen) atoms. The lowest BCUT2D eigenvalue weighted by molar-refractivity contribution is -0.140. The van der Waals surface area contributed by atoms with Crippen molar-refractivity contribution >= 4 is 45.7 Å². The van der Waals surface area contributed by atoms with Crippen molar-refractivity contribution < 1.29 is 47.6 Å². The highest BCUT2D eigenvalue weighted by Gasteiger charge is 2.21. The van der Waals surface area contributed by atoms with Crippen molar-refractivity contribution in [3.63, 3.8) is 0 Å². The molecule has 0 atom stereocenters. The SMILES string of the molecule is C=CC(=O)OCCOCCNC(=O)Oc1c(OC(=O)NCCOCCOC(=O)C=C)c2ccccc2c2ccccc12. The highest BCUT2D eigenvalue weighted by atomic mass is 16.6. The van der Waals surface area contributed by atoms with Gasteiger partial charge in [0.25, 0.3) is 0 Å². The summed E-state index contributed by atoms with van der Waals surface area (Å²) in [5, 5.41) is 7.89. The maximum Gasteiger partial charge on any atom is 0.412 e. The molecule has 12 nitrogen and oxygen atoms in total. The molecular formula is C30H32N2O10. The van der Waals surface area contributed by atoms with Crippen LogP contribution in [0.15, 0.2) is 73.8 Å². The second-order valence-electron chi connectivity index (χ2n) is 8.35. The van der Waals surface area contributed by atoms with Gasteiger partial charge in [-0.25, -0.2) is 19.2 Å². The number of amides is 2. The number of hydrogen-bond acceptors (Lipinski definition) is 10. The molecule has 3 aromatic rings. The van der Waals surface area contributed by atoms with Gasteiger partial charge < -0.3 is 39.1 Å². The molecule has 0 bridgehead atoms. The number of esters is 2. The minimum absolute atomic E-state index is 0.0540. The average molecular weight is 581 g/mol. The van der Waals surface area contributed by atoms with E-state index in [1.807, 2.05) is 24.3 Å². The van der Waals surface area contributed by atoms with Crippen LogP contribution in [-0.4, -0.2) is 76.9 Å². The van der Waals surface area contributed by atoms with Crippen LogP contribution in [0.5, 0.6) is 11.5 Å². The highest BCUT2D eigenvalue weighted by molar-refractivity contribution is 6.14. The summed E-state index contributed by atoms with van der Waals surface area (Å²) < 4.78 is 31.6. The van der Waals surface area contributed by atoms with Gasteiger partial charge >= 0.3 is 24.1 Å². The first kappa shape index (κ1) is 31.6. The molecule has 3 rings (SSSR count). The topological polar surface area (TPSA) is 148 Å². The van der Waals surface area contributed by atoms with E-state index < -0.39 is 24.1 Å². The van der Waals surface area contributed by atoms with Crippen LogP contribution in [0.3, 0.4) is 0 Å². The molecule has 0 aliphatic heterocycles. The average Bonchev–Trinajstić information content (AvgIpc) is 3.01. The number of ether oxygens (including phenoxy) is 6. The first-order chi connectivity index (χ1) is 20.4. The number of rotatable bonds is 16. The zero-order chi connectivity index (χ0) is 30.2. The minimum Gasteiger partial charge on any atom is -0.460 e. The number of fused-ring (bicyclic) bond motifs is 3. The minimum atomic E-state index is -0.784. The van der Waals surface area contributed by atoms with Gasteiger partial charge in [-0.1, -0.05) is 61.7 Å². The van der Waals surface area contributed by atoms with Gasteiger partial charge in [-0.15, -0.1) is 0 Å². The summed E-state index contributed by atoms with van der Waals surface area (Å²) in [5.74, 6) is -0.970. The van der Waals surface area contributed by atoms with Crippen LogP contribution in [-0.2, 0) is 28.5 Å². The Hall–Kier alpha value is -4.94. The quantitative estimate of drug-likeness (QED) is 0.111. The van der Waals surface area contributed by atoms with Crippen LogP contribution < -0.4 is 20.1 Å². The van der Waals surface area contributed by atoms with Crippen molar-refractivity contribution in [2.24, 2.45) is 0 Å². The van der Waals surface area contributed by atoms with Crippen LogP contribution in [0.4, 0.5) is 9.59 Å². The summed E-state index contributed by atoms with van der Waals surface area (Å²) in [5.41, 5.74) is 0. The Bertz CT molecular complexity index is 1320. The Labute approximate surface area is 242 Å². The maximum absolute atomic E-state index is 12.7. The number of benzene rings is 3. The summed E-state index contributed by atoms with van der Waals surface area (Å²) in [7, 11) is 0. The molecule has 0 aromatic heterocycles. The molecule has 0 fully saturated rings. The molecule has 0 radical (unpaired) electrons. The third-order valence-electron chi connectivity index (χ3n) is 5.54. The van der Waals surface area contributed by atoms with Crippen LogP contribution in [0, 0.1) is 0 Å². The van der Waals surface area contributed by atoms with Crippen molar-refractivity contribution in [2.75, 3.05) is 52.7 Å². The van der Waals surface area contributed by atoms with E-state index in [9.17, 15) is 19.2 Å². The Morgan fingerprint density at radius 2 is 0.952 bits per heavy atom. The van der Waals surface area contributed by atoms with Crippen molar-refractivity contribution in [1.82, 2.24) is 10.6 Å². The largest absolute Gasteiger partial charge is 0.460 e. The molecule has 0 saturated heterocycles. The van der Waals surface area contributed by atoms with Gasteiger partial charge in [-0.05, 0) is 10.8 Å². The number of carbonyl (C=O) groups is 4. The van der Waals surface area contributed by atoms with E-state index in [1.165, 1.54) is 0 Å². The fraction of sp³-hybridized carbons (Fsp3) is 0.267. The fourth-order valence-corrected chi connectivity index (χ4v) is 3.71. The van der Waals surface area contributed by atoms with Gasteiger partial charge in [0.1, 0.15) is 13.2 Å².